The van der Waals surface area contributed by atoms with Crippen LogP contribution in [0.25, 0.3) is 22.2 Å². The summed E-state index contributed by atoms with van der Waals surface area (Å²) < 4.78 is 21.2. The summed E-state index contributed by atoms with van der Waals surface area (Å²) in [5, 5.41) is 2.88. The molecular formula is C25H27FN6O2. The van der Waals surface area contributed by atoms with Crippen molar-refractivity contribution in [1.29, 1.82) is 0 Å². The lowest BCUT2D eigenvalue weighted by atomic mass is 10.1. The predicted molar refractivity (Wildman–Crippen MR) is 129 cm³/mol. The molecule has 3 heterocycles. The molecule has 0 aliphatic carbocycles. The highest BCUT2D eigenvalue weighted by Crippen LogP contribution is 2.28. The van der Waals surface area contributed by atoms with Crippen LogP contribution in [0.2, 0.25) is 0 Å². The largest absolute Gasteiger partial charge is 0.384 e. The van der Waals surface area contributed by atoms with E-state index in [-0.39, 0.29) is 18.3 Å². The Balaban J connectivity index is 1.44. The third kappa shape index (κ3) is 4.44. The molecule has 2 aromatic heterocycles. The number of ether oxygens (including phenoxy) is 1. The van der Waals surface area contributed by atoms with E-state index in [2.05, 4.69) is 10.2 Å². The van der Waals surface area contributed by atoms with Crippen LogP contribution in [0.3, 0.4) is 0 Å². The minimum Gasteiger partial charge on any atom is -0.384 e. The zero-order chi connectivity index (χ0) is 23.5. The maximum absolute atomic E-state index is 13.9. The van der Waals surface area contributed by atoms with Gasteiger partial charge in [-0.1, -0.05) is 30.3 Å². The number of benzene rings is 2. The Morgan fingerprint density at radius 3 is 2.50 bits per heavy atom. The first-order valence-corrected chi connectivity index (χ1v) is 11.5. The number of aromatic nitrogens is 3. The van der Waals surface area contributed by atoms with Gasteiger partial charge in [-0.3, -0.25) is 9.69 Å². The monoisotopic (exact) mass is 462 g/mol. The van der Waals surface area contributed by atoms with Gasteiger partial charge in [-0.05, 0) is 30.2 Å². The molecule has 0 spiro atoms. The number of hydrogen-bond donors (Lipinski definition) is 2. The van der Waals surface area contributed by atoms with Gasteiger partial charge in [0.15, 0.2) is 5.65 Å². The topological polar surface area (TPSA) is 98.3 Å². The van der Waals surface area contributed by atoms with Crippen molar-refractivity contribution in [2.45, 2.75) is 13.0 Å². The molecule has 1 fully saturated rings. The van der Waals surface area contributed by atoms with Crippen molar-refractivity contribution in [2.75, 3.05) is 45.1 Å². The van der Waals surface area contributed by atoms with E-state index in [4.69, 9.17) is 20.4 Å². The number of nitrogens with two attached hydrogens (primary N) is 1. The summed E-state index contributed by atoms with van der Waals surface area (Å²) in [6.07, 6.45) is 0.378. The van der Waals surface area contributed by atoms with Crippen molar-refractivity contribution in [3.8, 4) is 0 Å². The van der Waals surface area contributed by atoms with Crippen LogP contribution >= 0.6 is 0 Å². The highest BCUT2D eigenvalue weighted by atomic mass is 19.1. The quantitative estimate of drug-likeness (QED) is 0.438. The first-order chi connectivity index (χ1) is 16.6. The van der Waals surface area contributed by atoms with Gasteiger partial charge < -0.3 is 20.4 Å². The van der Waals surface area contributed by atoms with E-state index in [1.54, 1.807) is 18.2 Å². The Kier molecular flexibility index (Phi) is 6.37. The fourth-order valence-electron chi connectivity index (χ4n) is 4.33. The van der Waals surface area contributed by atoms with E-state index < -0.39 is 0 Å². The first-order valence-electron chi connectivity index (χ1n) is 11.5. The summed E-state index contributed by atoms with van der Waals surface area (Å²) in [5.41, 5.74) is 9.88. The Labute approximate surface area is 196 Å². The number of amides is 1. The summed E-state index contributed by atoms with van der Waals surface area (Å²) in [6, 6.07) is 14.1. The molecule has 1 aliphatic heterocycles. The second-order valence-corrected chi connectivity index (χ2v) is 8.35. The van der Waals surface area contributed by atoms with E-state index >= 15 is 0 Å². The van der Waals surface area contributed by atoms with Gasteiger partial charge in [-0.25, -0.2) is 14.4 Å². The number of rotatable bonds is 7. The molecule has 8 nitrogen and oxygen atoms in total. The average molecular weight is 463 g/mol. The van der Waals surface area contributed by atoms with Gasteiger partial charge in [0.25, 0.3) is 5.91 Å². The summed E-state index contributed by atoms with van der Waals surface area (Å²) in [7, 11) is 0. The van der Waals surface area contributed by atoms with Crippen LogP contribution < -0.4 is 11.1 Å². The number of fused-ring (bicyclic) bond motifs is 2. The van der Waals surface area contributed by atoms with Crippen LogP contribution in [0.1, 0.15) is 15.9 Å². The number of para-hydroxylation sites is 2. The van der Waals surface area contributed by atoms with Crippen molar-refractivity contribution >= 4 is 33.9 Å². The molecule has 4 aromatic rings. The highest BCUT2D eigenvalue weighted by molar-refractivity contribution is 6.10. The first kappa shape index (κ1) is 22.2. The van der Waals surface area contributed by atoms with Crippen molar-refractivity contribution in [3.63, 3.8) is 0 Å². The molecule has 2 aromatic carbocycles. The van der Waals surface area contributed by atoms with Crippen molar-refractivity contribution in [3.05, 3.63) is 65.5 Å². The van der Waals surface area contributed by atoms with Crippen LogP contribution in [-0.2, 0) is 17.7 Å². The summed E-state index contributed by atoms with van der Waals surface area (Å²) in [6.45, 7) is 4.76. The average Bonchev–Trinajstić information content (AvgIpc) is 3.13. The third-order valence-corrected chi connectivity index (χ3v) is 6.20. The molecule has 176 valence electrons. The van der Waals surface area contributed by atoms with Crippen molar-refractivity contribution < 1.29 is 13.9 Å². The number of carbonyl (C=O) groups is 1. The fraction of sp³-hybridized carbons (Fsp3) is 0.320. The lowest BCUT2D eigenvalue weighted by Gasteiger charge is -2.26. The molecule has 1 amide bonds. The molecule has 0 unspecified atom stereocenters. The van der Waals surface area contributed by atoms with Crippen LogP contribution in [-0.4, -0.2) is 64.7 Å². The van der Waals surface area contributed by atoms with Gasteiger partial charge >= 0.3 is 0 Å². The zero-order valence-electron chi connectivity index (χ0n) is 18.8. The Morgan fingerprint density at radius 1 is 1.03 bits per heavy atom. The van der Waals surface area contributed by atoms with Gasteiger partial charge in [-0.15, -0.1) is 0 Å². The van der Waals surface area contributed by atoms with E-state index in [0.717, 1.165) is 25.2 Å². The van der Waals surface area contributed by atoms with Gasteiger partial charge in [0, 0.05) is 32.7 Å². The number of anilines is 1. The molecule has 0 saturated carbocycles. The lowest BCUT2D eigenvalue weighted by molar-refractivity contribution is 0.0366. The maximum atomic E-state index is 13.9. The van der Waals surface area contributed by atoms with Gasteiger partial charge in [0.05, 0.1) is 24.2 Å². The van der Waals surface area contributed by atoms with Gasteiger partial charge in [-0.2, -0.15) is 0 Å². The van der Waals surface area contributed by atoms with Gasteiger partial charge in [0.2, 0.25) is 0 Å². The van der Waals surface area contributed by atoms with Crippen molar-refractivity contribution in [1.82, 2.24) is 24.8 Å². The molecular weight excluding hydrogens is 435 g/mol. The minimum absolute atomic E-state index is 0.278. The molecule has 1 saturated heterocycles. The standard InChI is InChI=1S/C25H27FN6O2/c26-18-6-2-1-5-17(18)9-10-28-25(33)21-22-24(30-20-8-4-3-7-19(20)29-22)32(23(21)27)12-11-31-13-15-34-16-14-31/h1-8H,9-16,27H2,(H,28,33). The number of morpholine rings is 1. The molecule has 9 heteroatoms. The van der Waals surface area contributed by atoms with Crippen LogP contribution in [0.4, 0.5) is 10.2 Å². The molecule has 34 heavy (non-hydrogen) atoms. The Morgan fingerprint density at radius 2 is 1.74 bits per heavy atom. The maximum Gasteiger partial charge on any atom is 0.257 e. The molecule has 0 atom stereocenters. The number of carbonyl (C=O) groups excluding carboxylic acids is 1. The molecule has 5 rings (SSSR count). The summed E-state index contributed by atoms with van der Waals surface area (Å²) in [5.74, 6) is -0.288. The SMILES string of the molecule is Nc1c(C(=O)NCCc2ccccc2F)c2nc3ccccc3nc2n1CCN1CCOCC1. The molecule has 3 N–H and O–H groups in total. The fourth-order valence-corrected chi connectivity index (χ4v) is 4.33. The summed E-state index contributed by atoms with van der Waals surface area (Å²) >= 11 is 0. The second-order valence-electron chi connectivity index (χ2n) is 8.35. The van der Waals surface area contributed by atoms with E-state index in [1.165, 1.54) is 6.07 Å². The van der Waals surface area contributed by atoms with Crippen LogP contribution in [0.15, 0.2) is 48.5 Å². The minimum atomic E-state index is -0.339. The number of hydrogen-bond acceptors (Lipinski definition) is 6. The summed E-state index contributed by atoms with van der Waals surface area (Å²) in [4.78, 5) is 25.1. The normalized spacial score (nSPS) is 14.6. The lowest BCUT2D eigenvalue weighted by Crippen LogP contribution is -2.38. The number of halogens is 1. The Bertz CT molecular complexity index is 1330. The highest BCUT2D eigenvalue weighted by Gasteiger charge is 2.24. The smallest absolute Gasteiger partial charge is 0.257 e. The van der Waals surface area contributed by atoms with E-state index in [9.17, 15) is 9.18 Å². The molecule has 1 aliphatic rings. The van der Waals surface area contributed by atoms with E-state index in [0.29, 0.717) is 59.8 Å². The number of nitrogens with zero attached hydrogens (tertiary/aromatic N) is 4. The van der Waals surface area contributed by atoms with E-state index in [1.807, 2.05) is 28.8 Å². The van der Waals surface area contributed by atoms with Gasteiger partial charge in [0.1, 0.15) is 22.7 Å². The Hall–Kier alpha value is -3.56. The molecule has 0 bridgehead atoms. The van der Waals surface area contributed by atoms with Crippen molar-refractivity contribution in [2.24, 2.45) is 0 Å². The second kappa shape index (κ2) is 9.74. The number of nitrogens with one attached hydrogen (secondary N) is 1. The zero-order valence-corrected chi connectivity index (χ0v) is 18.8. The predicted octanol–water partition coefficient (Wildman–Crippen LogP) is 2.61. The number of nitrogen functional groups attached to an aromatic ring is 1. The van der Waals surface area contributed by atoms with Crippen LogP contribution in [0, 0.1) is 5.82 Å². The third-order valence-electron chi connectivity index (χ3n) is 6.20. The van der Waals surface area contributed by atoms with Crippen LogP contribution in [0.5, 0.6) is 0 Å². The molecule has 0 radical (unpaired) electrons.